The van der Waals surface area contributed by atoms with Crippen LogP contribution in [0.1, 0.15) is 32.1 Å². The minimum atomic E-state index is -3.66. The molecule has 1 amide bonds. The molecule has 1 aliphatic rings. The Bertz CT molecular complexity index is 685. The zero-order valence-corrected chi connectivity index (χ0v) is 17.9. The molecule has 0 atom stereocenters. The van der Waals surface area contributed by atoms with Crippen LogP contribution in [0.5, 0.6) is 0 Å². The fraction of sp³-hybridized carbons (Fsp3) is 0.632. The van der Waals surface area contributed by atoms with E-state index < -0.39 is 10.0 Å². The molecule has 0 aliphatic carbocycles. The van der Waals surface area contributed by atoms with Crippen molar-refractivity contribution in [1.82, 2.24) is 14.5 Å². The number of hydrogen-bond acceptors (Lipinski definition) is 5. The summed E-state index contributed by atoms with van der Waals surface area (Å²) in [7, 11) is -2.22. The third kappa shape index (κ3) is 7.10. The predicted octanol–water partition coefficient (Wildman–Crippen LogP) is 2.41. The van der Waals surface area contributed by atoms with Gasteiger partial charge in [-0.15, -0.1) is 11.8 Å². The highest BCUT2D eigenvalue weighted by Gasteiger charge is 2.22. The van der Waals surface area contributed by atoms with Gasteiger partial charge in [0.1, 0.15) is 0 Å². The zero-order chi connectivity index (χ0) is 19.7. The van der Waals surface area contributed by atoms with Crippen LogP contribution in [-0.4, -0.2) is 69.6 Å². The van der Waals surface area contributed by atoms with Gasteiger partial charge in [0, 0.05) is 18.5 Å². The predicted molar refractivity (Wildman–Crippen MR) is 111 cm³/mol. The van der Waals surface area contributed by atoms with E-state index in [2.05, 4.69) is 10.2 Å². The van der Waals surface area contributed by atoms with Gasteiger partial charge in [0.2, 0.25) is 15.9 Å². The monoisotopic (exact) mass is 413 g/mol. The third-order valence-corrected chi connectivity index (χ3v) is 7.37. The molecule has 2 rings (SSSR count). The lowest BCUT2D eigenvalue weighted by molar-refractivity contribution is -0.121. The molecule has 1 aliphatic heterocycles. The van der Waals surface area contributed by atoms with Crippen molar-refractivity contribution in [2.45, 2.75) is 41.9 Å². The Labute approximate surface area is 167 Å². The summed E-state index contributed by atoms with van der Waals surface area (Å²) in [5.41, 5.74) is 0. The van der Waals surface area contributed by atoms with Crippen LogP contribution in [0.4, 0.5) is 0 Å². The second-order valence-electron chi connectivity index (χ2n) is 6.90. The number of sulfonamides is 1. The first-order valence-corrected chi connectivity index (χ1v) is 12.2. The van der Waals surface area contributed by atoms with Crippen LogP contribution in [0.15, 0.2) is 34.1 Å². The second kappa shape index (κ2) is 11.0. The smallest absolute Gasteiger partial charge is 0.243 e. The highest BCUT2D eigenvalue weighted by atomic mass is 32.2. The van der Waals surface area contributed by atoms with E-state index >= 15 is 0 Å². The van der Waals surface area contributed by atoms with E-state index in [-0.39, 0.29) is 17.3 Å². The molecule has 1 N–H and O–H groups in total. The van der Waals surface area contributed by atoms with E-state index in [4.69, 9.17) is 0 Å². The zero-order valence-electron chi connectivity index (χ0n) is 16.3. The van der Waals surface area contributed by atoms with E-state index in [1.807, 2.05) is 6.26 Å². The van der Waals surface area contributed by atoms with Gasteiger partial charge in [0.25, 0.3) is 0 Å². The van der Waals surface area contributed by atoms with E-state index in [1.54, 1.807) is 36.0 Å². The molecule has 27 heavy (non-hydrogen) atoms. The minimum Gasteiger partial charge on any atom is -0.355 e. The van der Waals surface area contributed by atoms with Crippen LogP contribution in [-0.2, 0) is 14.8 Å². The topological polar surface area (TPSA) is 69.7 Å². The van der Waals surface area contributed by atoms with Gasteiger partial charge in [-0.05, 0) is 69.4 Å². The van der Waals surface area contributed by atoms with Gasteiger partial charge in [-0.2, -0.15) is 4.31 Å². The summed E-state index contributed by atoms with van der Waals surface area (Å²) < 4.78 is 26.2. The number of nitrogens with zero attached hydrogens (tertiary/aromatic N) is 2. The average Bonchev–Trinajstić information content (AvgIpc) is 2.94. The number of carbonyl (C=O) groups is 1. The van der Waals surface area contributed by atoms with Crippen LogP contribution < -0.4 is 5.32 Å². The van der Waals surface area contributed by atoms with Crippen molar-refractivity contribution >= 4 is 27.7 Å². The molecule has 0 aromatic heterocycles. The van der Waals surface area contributed by atoms with Gasteiger partial charge in [-0.25, -0.2) is 8.42 Å². The highest BCUT2D eigenvalue weighted by Crippen LogP contribution is 2.19. The molecule has 0 spiro atoms. The lowest BCUT2D eigenvalue weighted by Crippen LogP contribution is -2.39. The summed E-state index contributed by atoms with van der Waals surface area (Å²) in [5.74, 6) is -0.266. The Balaban J connectivity index is 1.74. The van der Waals surface area contributed by atoms with Crippen molar-refractivity contribution < 1.29 is 13.2 Å². The van der Waals surface area contributed by atoms with Crippen LogP contribution in [0, 0.1) is 0 Å². The molecule has 0 unspecified atom stereocenters. The van der Waals surface area contributed by atoms with Crippen LogP contribution in [0.3, 0.4) is 0 Å². The largest absolute Gasteiger partial charge is 0.355 e. The van der Waals surface area contributed by atoms with Gasteiger partial charge < -0.3 is 10.2 Å². The first-order chi connectivity index (χ1) is 12.9. The Hall–Kier alpha value is -1.09. The standard InChI is InChI=1S/C19H31N3O3S2/c1-21(27(24,25)18-10-8-17(26-2)9-11-18)16-19(23)20-12-7-15-22-13-5-3-4-6-14-22/h8-11H,3-7,12-16H2,1-2H3,(H,20,23). The maximum absolute atomic E-state index is 12.6. The number of likely N-dealkylation sites (N-methyl/N-ethyl adjacent to an activating group) is 1. The van der Waals surface area contributed by atoms with Crippen LogP contribution in [0.2, 0.25) is 0 Å². The molecule has 1 fully saturated rings. The first kappa shape index (κ1) is 22.2. The first-order valence-electron chi connectivity index (χ1n) is 9.53. The Morgan fingerprint density at radius 2 is 1.78 bits per heavy atom. The fourth-order valence-electron chi connectivity index (χ4n) is 3.16. The van der Waals surface area contributed by atoms with Crippen molar-refractivity contribution in [3.05, 3.63) is 24.3 Å². The van der Waals surface area contributed by atoms with Gasteiger partial charge in [-0.3, -0.25) is 4.79 Å². The van der Waals surface area contributed by atoms with E-state index in [0.717, 1.165) is 35.3 Å². The molecular weight excluding hydrogens is 382 g/mol. The Morgan fingerprint density at radius 3 is 2.37 bits per heavy atom. The molecule has 1 aromatic carbocycles. The number of benzene rings is 1. The number of hydrogen-bond donors (Lipinski definition) is 1. The van der Waals surface area contributed by atoms with Crippen molar-refractivity contribution in [3.63, 3.8) is 0 Å². The average molecular weight is 414 g/mol. The number of nitrogens with one attached hydrogen (secondary N) is 1. The van der Waals surface area contributed by atoms with Gasteiger partial charge >= 0.3 is 0 Å². The summed E-state index contributed by atoms with van der Waals surface area (Å²) in [5, 5.41) is 2.84. The summed E-state index contributed by atoms with van der Waals surface area (Å²) in [6.07, 6.45) is 7.97. The SMILES string of the molecule is CSc1ccc(S(=O)(=O)N(C)CC(=O)NCCCN2CCCCCC2)cc1. The molecule has 8 heteroatoms. The molecule has 0 saturated carbocycles. The van der Waals surface area contributed by atoms with Crippen LogP contribution in [0.25, 0.3) is 0 Å². The summed E-state index contributed by atoms with van der Waals surface area (Å²) in [6.45, 7) is 3.67. The Morgan fingerprint density at radius 1 is 1.15 bits per heavy atom. The van der Waals surface area contributed by atoms with Crippen molar-refractivity contribution in [2.24, 2.45) is 0 Å². The number of likely N-dealkylation sites (tertiary alicyclic amines) is 1. The summed E-state index contributed by atoms with van der Waals surface area (Å²) >= 11 is 1.55. The third-order valence-electron chi connectivity index (χ3n) is 4.81. The fourth-order valence-corrected chi connectivity index (χ4v) is 4.70. The molecule has 152 valence electrons. The summed E-state index contributed by atoms with van der Waals surface area (Å²) in [4.78, 5) is 15.8. The summed E-state index contributed by atoms with van der Waals surface area (Å²) in [6, 6.07) is 6.70. The second-order valence-corrected chi connectivity index (χ2v) is 9.82. The minimum absolute atomic E-state index is 0.170. The van der Waals surface area contributed by atoms with E-state index in [1.165, 1.54) is 32.7 Å². The van der Waals surface area contributed by atoms with E-state index in [9.17, 15) is 13.2 Å². The molecule has 1 aromatic rings. The number of carbonyl (C=O) groups excluding carboxylic acids is 1. The van der Waals surface area contributed by atoms with Crippen LogP contribution >= 0.6 is 11.8 Å². The maximum Gasteiger partial charge on any atom is 0.243 e. The number of thioether (sulfide) groups is 1. The van der Waals surface area contributed by atoms with Crippen molar-refractivity contribution in [3.8, 4) is 0 Å². The number of rotatable bonds is 9. The number of amides is 1. The van der Waals surface area contributed by atoms with Crippen molar-refractivity contribution in [2.75, 3.05) is 46.0 Å². The molecule has 0 bridgehead atoms. The van der Waals surface area contributed by atoms with Gasteiger partial charge in [0.05, 0.1) is 11.4 Å². The lowest BCUT2D eigenvalue weighted by atomic mass is 10.2. The van der Waals surface area contributed by atoms with Gasteiger partial charge in [0.15, 0.2) is 0 Å². The molecule has 1 saturated heterocycles. The molecule has 1 heterocycles. The highest BCUT2D eigenvalue weighted by molar-refractivity contribution is 7.98. The normalized spacial score (nSPS) is 16.3. The molecular formula is C19H31N3O3S2. The molecule has 6 nitrogen and oxygen atoms in total. The lowest BCUT2D eigenvalue weighted by Gasteiger charge is -2.20. The quantitative estimate of drug-likeness (QED) is 0.497. The van der Waals surface area contributed by atoms with Crippen molar-refractivity contribution in [1.29, 1.82) is 0 Å². The molecule has 0 radical (unpaired) electrons. The van der Waals surface area contributed by atoms with E-state index in [0.29, 0.717) is 6.54 Å². The Kier molecular flexibility index (Phi) is 9.08. The maximum atomic E-state index is 12.6. The van der Waals surface area contributed by atoms with Gasteiger partial charge in [-0.1, -0.05) is 12.8 Å².